The van der Waals surface area contributed by atoms with Crippen molar-refractivity contribution in [1.82, 2.24) is 4.98 Å². The summed E-state index contributed by atoms with van der Waals surface area (Å²) in [5.74, 6) is -0.626. The van der Waals surface area contributed by atoms with Crippen molar-refractivity contribution >= 4 is 22.4 Å². The summed E-state index contributed by atoms with van der Waals surface area (Å²) in [5, 5.41) is 12.8. The quantitative estimate of drug-likeness (QED) is 0.790. The molecule has 0 aliphatic heterocycles. The molecule has 0 aliphatic carbocycles. The van der Waals surface area contributed by atoms with Gasteiger partial charge in [-0.15, -0.1) is 0 Å². The number of ether oxygens (including phenoxy) is 1. The zero-order chi connectivity index (χ0) is 16.4. The summed E-state index contributed by atoms with van der Waals surface area (Å²) in [5.41, 5.74) is 0.886. The van der Waals surface area contributed by atoms with Gasteiger partial charge in [0.1, 0.15) is 29.3 Å². The van der Waals surface area contributed by atoms with Crippen LogP contribution in [0.5, 0.6) is 5.75 Å². The van der Waals surface area contributed by atoms with Crippen molar-refractivity contribution in [2.45, 2.75) is 0 Å². The number of aromatic nitrogens is 1. The molecule has 0 saturated heterocycles. The topological polar surface area (TPSA) is 57.9 Å². The first-order valence-electron chi connectivity index (χ1n) is 6.71. The average molecular weight is 311 g/mol. The molecule has 6 heteroatoms. The molecule has 114 valence electrons. The molecule has 0 amide bonds. The summed E-state index contributed by atoms with van der Waals surface area (Å²) in [6.45, 7) is 0. The van der Waals surface area contributed by atoms with E-state index in [1.807, 2.05) is 6.07 Å². The Morgan fingerprint density at radius 2 is 1.96 bits per heavy atom. The number of anilines is 2. The summed E-state index contributed by atoms with van der Waals surface area (Å²) in [7, 11) is 1.54. The lowest BCUT2D eigenvalue weighted by molar-refractivity contribution is 0.415. The second-order valence-corrected chi connectivity index (χ2v) is 4.80. The Kier molecular flexibility index (Phi) is 3.77. The van der Waals surface area contributed by atoms with Crippen molar-refractivity contribution in [2.75, 3.05) is 12.4 Å². The Bertz CT molecular complexity index is 935. The Balaban J connectivity index is 2.09. The number of benzene rings is 2. The summed E-state index contributed by atoms with van der Waals surface area (Å²) >= 11 is 0. The zero-order valence-corrected chi connectivity index (χ0v) is 12.1. The fraction of sp³-hybridized carbons (Fsp3) is 0.0588. The fourth-order valence-electron chi connectivity index (χ4n) is 2.17. The third-order valence-electron chi connectivity index (χ3n) is 3.33. The number of pyridine rings is 1. The maximum Gasteiger partial charge on any atom is 0.149 e. The van der Waals surface area contributed by atoms with E-state index in [0.29, 0.717) is 11.3 Å². The highest BCUT2D eigenvalue weighted by Gasteiger charge is 2.11. The highest BCUT2D eigenvalue weighted by atomic mass is 19.1. The molecule has 1 heterocycles. The van der Waals surface area contributed by atoms with Crippen LogP contribution < -0.4 is 10.1 Å². The first-order valence-corrected chi connectivity index (χ1v) is 6.71. The molecule has 0 spiro atoms. The fourth-order valence-corrected chi connectivity index (χ4v) is 2.17. The van der Waals surface area contributed by atoms with Gasteiger partial charge in [-0.3, -0.25) is 0 Å². The van der Waals surface area contributed by atoms with Gasteiger partial charge in [-0.1, -0.05) is 0 Å². The van der Waals surface area contributed by atoms with Crippen molar-refractivity contribution in [1.29, 1.82) is 5.26 Å². The number of halogens is 2. The number of fused-ring (bicyclic) bond motifs is 1. The second kappa shape index (κ2) is 5.89. The van der Waals surface area contributed by atoms with Gasteiger partial charge in [0, 0.05) is 17.5 Å². The Morgan fingerprint density at radius 3 is 2.65 bits per heavy atom. The molecule has 0 bridgehead atoms. The molecule has 23 heavy (non-hydrogen) atoms. The maximum absolute atomic E-state index is 13.8. The van der Waals surface area contributed by atoms with E-state index in [4.69, 9.17) is 4.74 Å². The van der Waals surface area contributed by atoms with Crippen molar-refractivity contribution in [3.8, 4) is 11.8 Å². The average Bonchev–Trinajstić information content (AvgIpc) is 2.56. The summed E-state index contributed by atoms with van der Waals surface area (Å²) in [6.07, 6.45) is 0. The highest BCUT2D eigenvalue weighted by molar-refractivity contribution is 5.85. The van der Waals surface area contributed by atoms with Crippen LogP contribution in [0.4, 0.5) is 20.3 Å². The maximum atomic E-state index is 13.8. The second-order valence-electron chi connectivity index (χ2n) is 4.80. The van der Waals surface area contributed by atoms with Crippen LogP contribution in [0.1, 0.15) is 5.56 Å². The number of methoxy groups -OCH3 is 1. The van der Waals surface area contributed by atoms with Gasteiger partial charge >= 0.3 is 0 Å². The third kappa shape index (κ3) is 2.90. The van der Waals surface area contributed by atoms with Gasteiger partial charge in [-0.25, -0.2) is 13.8 Å². The summed E-state index contributed by atoms with van der Waals surface area (Å²) < 4.78 is 31.9. The van der Waals surface area contributed by atoms with E-state index >= 15 is 0 Å². The number of nitrogens with zero attached hydrogens (tertiary/aromatic N) is 2. The molecule has 3 rings (SSSR count). The van der Waals surface area contributed by atoms with Gasteiger partial charge in [0.2, 0.25) is 0 Å². The lowest BCUT2D eigenvalue weighted by Crippen LogP contribution is -2.00. The number of rotatable bonds is 3. The third-order valence-corrected chi connectivity index (χ3v) is 3.33. The minimum Gasteiger partial charge on any atom is -0.497 e. The smallest absolute Gasteiger partial charge is 0.149 e. The number of nitrogens with one attached hydrogen (secondary N) is 1. The van der Waals surface area contributed by atoms with Crippen LogP contribution in [0.3, 0.4) is 0 Å². The first kappa shape index (κ1) is 14.7. The molecule has 0 saturated carbocycles. The van der Waals surface area contributed by atoms with Crippen molar-refractivity contribution < 1.29 is 13.5 Å². The number of nitriles is 1. The number of hydrogen-bond acceptors (Lipinski definition) is 4. The van der Waals surface area contributed by atoms with Gasteiger partial charge < -0.3 is 10.1 Å². The monoisotopic (exact) mass is 311 g/mol. The van der Waals surface area contributed by atoms with Crippen LogP contribution in [-0.2, 0) is 0 Å². The van der Waals surface area contributed by atoms with E-state index in [1.165, 1.54) is 13.2 Å². The largest absolute Gasteiger partial charge is 0.497 e. The molecular weight excluding hydrogens is 300 g/mol. The molecule has 0 unspecified atom stereocenters. The molecular formula is C17H11F2N3O. The minimum absolute atomic E-state index is 0.0395. The molecule has 0 radical (unpaired) electrons. The van der Waals surface area contributed by atoms with E-state index in [-0.39, 0.29) is 17.1 Å². The predicted octanol–water partition coefficient (Wildman–Crippen LogP) is 4.14. The van der Waals surface area contributed by atoms with Gasteiger partial charge in [0.15, 0.2) is 0 Å². The van der Waals surface area contributed by atoms with Crippen LogP contribution in [-0.4, -0.2) is 12.1 Å². The normalized spacial score (nSPS) is 10.3. The molecule has 3 aromatic rings. The molecule has 4 nitrogen and oxygen atoms in total. The van der Waals surface area contributed by atoms with E-state index in [0.717, 1.165) is 17.5 Å². The van der Waals surface area contributed by atoms with Crippen molar-refractivity contribution in [3.63, 3.8) is 0 Å². The standard InChI is InChI=1S/C17H11F2N3O/c1-23-13-4-2-10-6-11(9-20)17(22-16(10)8-13)21-15-5-3-12(18)7-14(15)19/h2-8H,1H3,(H,21,22). The van der Waals surface area contributed by atoms with Crippen LogP contribution in [0.25, 0.3) is 10.9 Å². The first-order chi connectivity index (χ1) is 11.1. The van der Waals surface area contributed by atoms with Crippen molar-refractivity contribution in [3.05, 3.63) is 59.7 Å². The minimum atomic E-state index is -0.763. The lowest BCUT2D eigenvalue weighted by atomic mass is 10.1. The van der Waals surface area contributed by atoms with Crippen LogP contribution >= 0.6 is 0 Å². The molecule has 1 N–H and O–H groups in total. The highest BCUT2D eigenvalue weighted by Crippen LogP contribution is 2.27. The SMILES string of the molecule is COc1ccc2cc(C#N)c(Nc3ccc(F)cc3F)nc2c1. The molecule has 0 atom stereocenters. The molecule has 0 aliphatic rings. The molecule has 1 aromatic heterocycles. The van der Waals surface area contributed by atoms with Gasteiger partial charge in [-0.2, -0.15) is 5.26 Å². The van der Waals surface area contributed by atoms with Gasteiger partial charge in [0.25, 0.3) is 0 Å². The van der Waals surface area contributed by atoms with E-state index in [1.54, 1.807) is 24.3 Å². The van der Waals surface area contributed by atoms with Gasteiger partial charge in [-0.05, 0) is 30.3 Å². The van der Waals surface area contributed by atoms with Crippen LogP contribution in [0.2, 0.25) is 0 Å². The van der Waals surface area contributed by atoms with E-state index in [9.17, 15) is 14.0 Å². The van der Waals surface area contributed by atoms with Crippen LogP contribution in [0, 0.1) is 23.0 Å². The molecule has 0 fully saturated rings. The van der Waals surface area contributed by atoms with Crippen LogP contribution in [0.15, 0.2) is 42.5 Å². The van der Waals surface area contributed by atoms with Crippen molar-refractivity contribution in [2.24, 2.45) is 0 Å². The summed E-state index contributed by atoms with van der Waals surface area (Å²) in [4.78, 5) is 4.34. The van der Waals surface area contributed by atoms with E-state index in [2.05, 4.69) is 10.3 Å². The predicted molar refractivity (Wildman–Crippen MR) is 82.7 cm³/mol. The number of hydrogen-bond donors (Lipinski definition) is 1. The molecule has 2 aromatic carbocycles. The Labute approximate surface area is 131 Å². The zero-order valence-electron chi connectivity index (χ0n) is 12.1. The lowest BCUT2D eigenvalue weighted by Gasteiger charge is -2.10. The van der Waals surface area contributed by atoms with Gasteiger partial charge in [0.05, 0.1) is 23.9 Å². The Hall–Kier alpha value is -3.20. The Morgan fingerprint density at radius 1 is 1.13 bits per heavy atom. The summed E-state index contributed by atoms with van der Waals surface area (Å²) in [6, 6.07) is 12.1. The van der Waals surface area contributed by atoms with E-state index < -0.39 is 11.6 Å².